The molecule has 1 amide bonds. The van der Waals surface area contributed by atoms with Crippen molar-refractivity contribution in [3.63, 3.8) is 0 Å². The van der Waals surface area contributed by atoms with Crippen molar-refractivity contribution < 1.29 is 4.79 Å². The number of carbonyl (C=O) groups excluding carboxylic acids is 1. The van der Waals surface area contributed by atoms with Crippen molar-refractivity contribution >= 4 is 22.8 Å². The van der Waals surface area contributed by atoms with Crippen molar-refractivity contribution in [2.45, 2.75) is 44.7 Å². The molecule has 2 aromatic rings. The lowest BCUT2D eigenvalue weighted by Gasteiger charge is -2.60. The van der Waals surface area contributed by atoms with Crippen molar-refractivity contribution in [2.75, 3.05) is 18.0 Å². The van der Waals surface area contributed by atoms with E-state index < -0.39 is 0 Å². The quantitative estimate of drug-likeness (QED) is 0.874. The molecular weight excluding hydrogens is 278 g/mol. The predicted octanol–water partition coefficient (Wildman–Crippen LogP) is 1.94. The van der Waals surface area contributed by atoms with Crippen LogP contribution in [0.5, 0.6) is 0 Å². The van der Waals surface area contributed by atoms with Gasteiger partial charge in [-0.3, -0.25) is 4.79 Å². The van der Waals surface area contributed by atoms with Crippen LogP contribution in [0.15, 0.2) is 18.6 Å². The van der Waals surface area contributed by atoms with Crippen LogP contribution >= 0.6 is 0 Å². The number of hydrogen-bond acceptors (Lipinski definition) is 4. The Kier molecular flexibility index (Phi) is 2.89. The number of likely N-dealkylation sites (tertiary alicyclic amines) is 1. The summed E-state index contributed by atoms with van der Waals surface area (Å²) >= 11 is 0. The third-order valence-electron chi connectivity index (χ3n) is 5.15. The largest absolute Gasteiger partial charge is 0.354 e. The summed E-state index contributed by atoms with van der Waals surface area (Å²) in [5.41, 5.74) is 0.867. The average molecular weight is 299 g/mol. The molecule has 0 saturated carbocycles. The second-order valence-corrected chi connectivity index (χ2v) is 6.63. The summed E-state index contributed by atoms with van der Waals surface area (Å²) in [5.74, 6) is 1.17. The van der Waals surface area contributed by atoms with Crippen molar-refractivity contribution in [3.05, 3.63) is 18.6 Å². The number of aromatic nitrogens is 3. The highest BCUT2D eigenvalue weighted by atomic mass is 16.2. The molecule has 1 spiro atoms. The summed E-state index contributed by atoms with van der Waals surface area (Å²) in [6.07, 6.45) is 6.78. The molecule has 22 heavy (non-hydrogen) atoms. The minimum atomic E-state index is -0.00290. The summed E-state index contributed by atoms with van der Waals surface area (Å²) in [6, 6.07) is 2.38. The van der Waals surface area contributed by atoms with Crippen LogP contribution in [0.4, 0.5) is 5.82 Å². The number of fused-ring (bicyclic) bond motifs is 1. The van der Waals surface area contributed by atoms with E-state index in [1.54, 1.807) is 13.3 Å². The van der Waals surface area contributed by atoms with E-state index in [1.807, 2.05) is 12.3 Å². The van der Waals surface area contributed by atoms with Gasteiger partial charge >= 0.3 is 0 Å². The van der Waals surface area contributed by atoms with Gasteiger partial charge in [0.15, 0.2) is 0 Å². The minimum Gasteiger partial charge on any atom is -0.354 e. The molecule has 6 nitrogen and oxygen atoms in total. The van der Waals surface area contributed by atoms with Gasteiger partial charge in [-0.05, 0) is 32.3 Å². The fourth-order valence-electron chi connectivity index (χ4n) is 4.51. The van der Waals surface area contributed by atoms with E-state index in [2.05, 4.69) is 31.7 Å². The van der Waals surface area contributed by atoms with Crippen LogP contribution in [0.1, 0.15) is 33.1 Å². The van der Waals surface area contributed by atoms with Gasteiger partial charge in [0.2, 0.25) is 5.91 Å². The highest BCUT2D eigenvalue weighted by molar-refractivity contribution is 5.87. The minimum absolute atomic E-state index is 0.00290. The molecule has 2 aliphatic rings. The van der Waals surface area contributed by atoms with Crippen LogP contribution < -0.4 is 4.90 Å². The van der Waals surface area contributed by atoms with Crippen molar-refractivity contribution in [3.8, 4) is 0 Å². The molecule has 6 heteroatoms. The third-order valence-corrected chi connectivity index (χ3v) is 5.15. The summed E-state index contributed by atoms with van der Waals surface area (Å²) in [5, 5.41) is 1.06. The van der Waals surface area contributed by atoms with Crippen LogP contribution in [0.3, 0.4) is 0 Å². The monoisotopic (exact) mass is 299 g/mol. The van der Waals surface area contributed by atoms with E-state index in [9.17, 15) is 4.79 Å². The highest BCUT2D eigenvalue weighted by Gasteiger charge is 2.53. The standard InChI is InChI=1S/C16H21N5O/c1-11-8-16(21(11)12(2)22)5-3-7-20(9-16)15-13-4-6-17-14(13)18-10-19-15/h4,6,10-11H,3,5,7-9H2,1-2H3,(H,17,18,19). The number of aromatic amines is 1. The fraction of sp³-hybridized carbons (Fsp3) is 0.562. The number of H-pyrrole nitrogens is 1. The number of nitrogens with zero attached hydrogens (tertiary/aromatic N) is 4. The van der Waals surface area contributed by atoms with Gasteiger partial charge in [0.05, 0.1) is 10.9 Å². The van der Waals surface area contributed by atoms with Gasteiger partial charge in [-0.25, -0.2) is 9.97 Å². The fourth-order valence-corrected chi connectivity index (χ4v) is 4.51. The number of piperidine rings is 1. The van der Waals surface area contributed by atoms with E-state index in [1.165, 1.54) is 0 Å². The lowest BCUT2D eigenvalue weighted by Crippen LogP contribution is -2.72. The maximum absolute atomic E-state index is 12.0. The number of rotatable bonds is 1. The van der Waals surface area contributed by atoms with Crippen molar-refractivity contribution in [2.24, 2.45) is 0 Å². The number of amides is 1. The Morgan fingerprint density at radius 2 is 2.32 bits per heavy atom. The Morgan fingerprint density at radius 1 is 1.45 bits per heavy atom. The number of nitrogens with one attached hydrogen (secondary N) is 1. The Bertz CT molecular complexity index is 722. The molecule has 2 atom stereocenters. The van der Waals surface area contributed by atoms with E-state index >= 15 is 0 Å². The first-order valence-corrected chi connectivity index (χ1v) is 7.94. The van der Waals surface area contributed by atoms with Crippen molar-refractivity contribution in [1.82, 2.24) is 19.9 Å². The normalized spacial score (nSPS) is 28.2. The third kappa shape index (κ3) is 1.82. The van der Waals surface area contributed by atoms with Gasteiger partial charge in [0, 0.05) is 32.3 Å². The Hall–Kier alpha value is -2.11. The van der Waals surface area contributed by atoms with Crippen LogP contribution in [0.25, 0.3) is 11.0 Å². The molecular formula is C16H21N5O. The van der Waals surface area contributed by atoms with Gasteiger partial charge in [0.1, 0.15) is 17.8 Å². The summed E-state index contributed by atoms with van der Waals surface area (Å²) in [4.78, 5) is 28.3. The first kappa shape index (κ1) is 13.5. The SMILES string of the molecule is CC(=O)N1C(C)CC12CCCN(c1ncnc3[nH]ccc13)C2. The Morgan fingerprint density at radius 3 is 3.09 bits per heavy atom. The molecule has 4 rings (SSSR count). The van der Waals surface area contributed by atoms with Crippen LogP contribution in [0, 0.1) is 0 Å². The zero-order chi connectivity index (χ0) is 15.3. The van der Waals surface area contributed by atoms with E-state index in [0.29, 0.717) is 6.04 Å². The number of carbonyl (C=O) groups is 1. The molecule has 0 aliphatic carbocycles. The molecule has 2 aliphatic heterocycles. The first-order valence-electron chi connectivity index (χ1n) is 7.94. The zero-order valence-corrected chi connectivity index (χ0v) is 13.0. The van der Waals surface area contributed by atoms with Crippen molar-refractivity contribution in [1.29, 1.82) is 0 Å². The molecule has 2 unspecified atom stereocenters. The molecule has 0 bridgehead atoms. The molecule has 2 aromatic heterocycles. The molecule has 0 radical (unpaired) electrons. The average Bonchev–Trinajstić information content (AvgIpc) is 2.94. The summed E-state index contributed by atoms with van der Waals surface area (Å²) in [7, 11) is 0. The van der Waals surface area contributed by atoms with E-state index in [-0.39, 0.29) is 11.4 Å². The lowest BCUT2D eigenvalue weighted by atomic mass is 9.73. The van der Waals surface area contributed by atoms with E-state index in [0.717, 1.165) is 49.2 Å². The first-order chi connectivity index (χ1) is 10.6. The maximum atomic E-state index is 12.0. The maximum Gasteiger partial charge on any atom is 0.220 e. The van der Waals surface area contributed by atoms with Crippen LogP contribution in [-0.4, -0.2) is 50.4 Å². The summed E-state index contributed by atoms with van der Waals surface area (Å²) < 4.78 is 0. The zero-order valence-electron chi connectivity index (χ0n) is 13.0. The van der Waals surface area contributed by atoms with Crippen LogP contribution in [0.2, 0.25) is 0 Å². The smallest absolute Gasteiger partial charge is 0.220 e. The second kappa shape index (κ2) is 4.69. The van der Waals surface area contributed by atoms with Gasteiger partial charge in [0.25, 0.3) is 0 Å². The second-order valence-electron chi connectivity index (χ2n) is 6.63. The number of hydrogen-bond donors (Lipinski definition) is 1. The molecule has 2 saturated heterocycles. The topological polar surface area (TPSA) is 65.1 Å². The van der Waals surface area contributed by atoms with Crippen LogP contribution in [-0.2, 0) is 4.79 Å². The Balaban J connectivity index is 1.67. The lowest BCUT2D eigenvalue weighted by molar-refractivity contribution is -0.154. The molecule has 1 N–H and O–H groups in total. The number of anilines is 1. The Labute approximate surface area is 129 Å². The molecule has 2 fully saturated rings. The molecule has 116 valence electrons. The molecule has 0 aromatic carbocycles. The predicted molar refractivity (Wildman–Crippen MR) is 84.7 cm³/mol. The molecule has 4 heterocycles. The van der Waals surface area contributed by atoms with Gasteiger partial charge < -0.3 is 14.8 Å². The highest BCUT2D eigenvalue weighted by Crippen LogP contribution is 2.44. The van der Waals surface area contributed by atoms with Gasteiger partial charge in [-0.15, -0.1) is 0 Å². The summed E-state index contributed by atoms with van der Waals surface area (Å²) in [6.45, 7) is 5.68. The van der Waals surface area contributed by atoms with Gasteiger partial charge in [-0.1, -0.05) is 0 Å². The van der Waals surface area contributed by atoms with Gasteiger partial charge in [-0.2, -0.15) is 0 Å². The van der Waals surface area contributed by atoms with E-state index in [4.69, 9.17) is 0 Å².